The third-order valence-electron chi connectivity index (χ3n) is 4.38. The number of aromatic amines is 2. The molecule has 32 heavy (non-hydrogen) atoms. The molecule has 0 aromatic carbocycles. The molecule has 174 valence electrons. The number of likely N-dealkylation sites (N-methyl/N-ethyl adjacent to an activating group) is 1. The average molecular weight is 446 g/mol. The minimum Gasteiger partial charge on any atom is -0.465 e. The van der Waals surface area contributed by atoms with E-state index >= 15 is 0 Å². The van der Waals surface area contributed by atoms with Crippen molar-refractivity contribution >= 4 is 34.8 Å². The van der Waals surface area contributed by atoms with Crippen LogP contribution in [0.1, 0.15) is 46.0 Å². The Kier molecular flexibility index (Phi) is 9.88. The van der Waals surface area contributed by atoms with Gasteiger partial charge in [0.25, 0.3) is 0 Å². The number of carbonyl (C=O) groups is 2. The molecule has 2 amide bonds. The van der Waals surface area contributed by atoms with Crippen LogP contribution in [0, 0.1) is 0 Å². The zero-order valence-electron chi connectivity index (χ0n) is 18.6. The number of hydrogen-bond acceptors (Lipinski definition) is 7. The number of aromatic nitrogens is 6. The van der Waals surface area contributed by atoms with Crippen molar-refractivity contribution in [3.05, 3.63) is 24.9 Å². The molecule has 1 aliphatic carbocycles. The van der Waals surface area contributed by atoms with Gasteiger partial charge in [-0.1, -0.05) is 32.1 Å². The number of fused-ring (bicyclic) bond motifs is 1. The molecule has 3 heterocycles. The first-order chi connectivity index (χ1) is 15.4. The summed E-state index contributed by atoms with van der Waals surface area (Å²) in [5, 5.41) is 19.3. The van der Waals surface area contributed by atoms with Crippen LogP contribution in [0.3, 0.4) is 0 Å². The summed E-state index contributed by atoms with van der Waals surface area (Å²) in [6.07, 6.45) is 11.1. The summed E-state index contributed by atoms with van der Waals surface area (Å²) in [6.45, 7) is 3.69. The fourth-order valence-electron chi connectivity index (χ4n) is 2.98. The normalized spacial score (nSPS) is 12.4. The van der Waals surface area contributed by atoms with E-state index in [1.807, 2.05) is 0 Å². The molecule has 1 aliphatic rings. The number of H-pyrrole nitrogens is 2. The van der Waals surface area contributed by atoms with Gasteiger partial charge in [0.15, 0.2) is 11.5 Å². The number of rotatable bonds is 5. The topological polar surface area (TPSA) is 165 Å². The van der Waals surface area contributed by atoms with E-state index in [0.717, 1.165) is 0 Å². The molecule has 3 aromatic heterocycles. The molecule has 1 fully saturated rings. The van der Waals surface area contributed by atoms with Gasteiger partial charge in [0.2, 0.25) is 5.91 Å². The molecule has 0 radical (unpaired) electrons. The summed E-state index contributed by atoms with van der Waals surface area (Å²) < 4.78 is 0. The van der Waals surface area contributed by atoms with Gasteiger partial charge in [0, 0.05) is 19.2 Å². The van der Waals surface area contributed by atoms with Crippen LogP contribution in [-0.2, 0) is 4.79 Å². The van der Waals surface area contributed by atoms with E-state index < -0.39 is 6.09 Å². The largest absolute Gasteiger partial charge is 0.465 e. The fourth-order valence-corrected chi connectivity index (χ4v) is 2.98. The van der Waals surface area contributed by atoms with Gasteiger partial charge < -0.3 is 25.6 Å². The number of nitrogens with zero attached hydrogens (tertiary/aromatic N) is 5. The number of imidazole rings is 1. The van der Waals surface area contributed by atoms with Crippen LogP contribution in [0.2, 0.25) is 0 Å². The monoisotopic (exact) mass is 445 g/mol. The minimum atomic E-state index is -0.963. The summed E-state index contributed by atoms with van der Waals surface area (Å²) in [6, 6.07) is 1.70. The van der Waals surface area contributed by atoms with Gasteiger partial charge in [-0.2, -0.15) is 5.10 Å². The molecule has 4 rings (SSSR count). The molecule has 1 saturated carbocycles. The summed E-state index contributed by atoms with van der Waals surface area (Å²) in [7, 11) is 1.77. The van der Waals surface area contributed by atoms with E-state index in [1.54, 1.807) is 44.4 Å². The van der Waals surface area contributed by atoms with Crippen LogP contribution in [-0.4, -0.2) is 66.9 Å². The lowest BCUT2D eigenvalue weighted by Crippen LogP contribution is -2.31. The van der Waals surface area contributed by atoms with Gasteiger partial charge in [-0.25, -0.2) is 19.7 Å². The Morgan fingerprint density at radius 2 is 1.84 bits per heavy atom. The number of carbonyl (C=O) groups excluding carboxylic acids is 1. The quantitative estimate of drug-likeness (QED) is 0.400. The lowest BCUT2D eigenvalue weighted by molar-refractivity contribution is -0.114. The second kappa shape index (κ2) is 12.9. The van der Waals surface area contributed by atoms with Gasteiger partial charge in [0.1, 0.15) is 17.7 Å². The molecule has 0 spiro atoms. The van der Waals surface area contributed by atoms with E-state index in [4.69, 9.17) is 5.11 Å². The van der Waals surface area contributed by atoms with Crippen molar-refractivity contribution in [2.75, 3.05) is 23.8 Å². The van der Waals surface area contributed by atoms with E-state index in [-0.39, 0.29) is 18.5 Å². The van der Waals surface area contributed by atoms with Crippen LogP contribution >= 0.6 is 0 Å². The first-order valence-corrected chi connectivity index (χ1v) is 10.5. The Morgan fingerprint density at radius 1 is 1.16 bits per heavy atom. The predicted octanol–water partition coefficient (Wildman–Crippen LogP) is 2.76. The van der Waals surface area contributed by atoms with Crippen molar-refractivity contribution in [3.8, 4) is 0 Å². The van der Waals surface area contributed by atoms with Gasteiger partial charge in [0.05, 0.1) is 19.1 Å². The van der Waals surface area contributed by atoms with Crippen molar-refractivity contribution in [3.63, 3.8) is 0 Å². The van der Waals surface area contributed by atoms with Crippen LogP contribution in [0.4, 0.5) is 16.4 Å². The lowest BCUT2D eigenvalue weighted by atomic mass is 10.4. The molecule has 3 aromatic rings. The first kappa shape index (κ1) is 24.6. The van der Waals surface area contributed by atoms with E-state index in [0.29, 0.717) is 22.8 Å². The number of hydrogen-bond donors (Lipinski definition) is 5. The van der Waals surface area contributed by atoms with Crippen molar-refractivity contribution in [2.45, 2.75) is 52.0 Å². The van der Waals surface area contributed by atoms with Crippen LogP contribution < -0.4 is 15.5 Å². The van der Waals surface area contributed by atoms with Crippen molar-refractivity contribution < 1.29 is 14.7 Å². The average Bonchev–Trinajstić information content (AvgIpc) is 3.50. The highest BCUT2D eigenvalue weighted by atomic mass is 16.4. The molecule has 0 bridgehead atoms. The third kappa shape index (κ3) is 8.58. The summed E-state index contributed by atoms with van der Waals surface area (Å²) in [5.74, 6) is 0.994. The van der Waals surface area contributed by atoms with Crippen LogP contribution in [0.5, 0.6) is 0 Å². The SMILES string of the molecule is C1CCCC1.CC(C)NC(=O)O.CN(CC(=O)Nc1ccn[nH]1)c1ncnc2nc[nH]c12. The van der Waals surface area contributed by atoms with Gasteiger partial charge in [-0.05, 0) is 13.8 Å². The second-order valence-corrected chi connectivity index (χ2v) is 7.54. The van der Waals surface area contributed by atoms with Gasteiger partial charge in [-0.15, -0.1) is 0 Å². The third-order valence-corrected chi connectivity index (χ3v) is 4.38. The summed E-state index contributed by atoms with van der Waals surface area (Å²) in [5.41, 5.74) is 1.26. The van der Waals surface area contributed by atoms with Gasteiger partial charge in [-0.3, -0.25) is 9.89 Å². The smallest absolute Gasteiger partial charge is 0.404 e. The number of anilines is 2. The maximum atomic E-state index is 11.9. The van der Waals surface area contributed by atoms with E-state index in [2.05, 4.69) is 40.8 Å². The molecule has 0 saturated heterocycles. The Morgan fingerprint density at radius 3 is 2.38 bits per heavy atom. The van der Waals surface area contributed by atoms with Crippen molar-refractivity contribution in [2.24, 2.45) is 0 Å². The molecule has 12 heteroatoms. The zero-order valence-corrected chi connectivity index (χ0v) is 18.6. The lowest BCUT2D eigenvalue weighted by Gasteiger charge is -2.17. The Bertz CT molecular complexity index is 945. The maximum absolute atomic E-state index is 11.9. The first-order valence-electron chi connectivity index (χ1n) is 10.5. The molecule has 0 unspecified atom stereocenters. The molecule has 5 N–H and O–H groups in total. The van der Waals surface area contributed by atoms with E-state index in [9.17, 15) is 9.59 Å². The molecule has 12 nitrogen and oxygen atoms in total. The van der Waals surface area contributed by atoms with Crippen LogP contribution in [0.25, 0.3) is 11.2 Å². The van der Waals surface area contributed by atoms with Crippen LogP contribution in [0.15, 0.2) is 24.9 Å². The zero-order chi connectivity index (χ0) is 23.3. The van der Waals surface area contributed by atoms with Crippen molar-refractivity contribution in [1.29, 1.82) is 0 Å². The fraction of sp³-hybridized carbons (Fsp3) is 0.500. The van der Waals surface area contributed by atoms with E-state index in [1.165, 1.54) is 38.4 Å². The number of carboxylic acid groups (broad SMARTS) is 1. The highest BCUT2D eigenvalue weighted by Gasteiger charge is 2.13. The maximum Gasteiger partial charge on any atom is 0.404 e. The number of amides is 2. The highest BCUT2D eigenvalue weighted by Crippen LogP contribution is 2.18. The Balaban J connectivity index is 0.000000248. The standard InChI is InChI=1S/C11H12N8O.C5H10.C4H9NO2/c1-19(4-8(20)17-7-2-3-16-18-7)11-9-10(13-5-12-9)14-6-15-11;1-2-4-5-3-1;1-3(2)5-4(6)7/h2-3,5-6H,4H2,1H3,(H,12,13,14,15)(H2,16,17,18,20);1-5H2;3,5H,1-2H3,(H,6,7). The molecular formula is C20H31N9O3. The summed E-state index contributed by atoms with van der Waals surface area (Å²) in [4.78, 5) is 38.5. The Labute approximate surface area is 186 Å². The molecular weight excluding hydrogens is 414 g/mol. The van der Waals surface area contributed by atoms with Crippen molar-refractivity contribution in [1.82, 2.24) is 35.5 Å². The number of nitrogens with one attached hydrogen (secondary N) is 4. The second-order valence-electron chi connectivity index (χ2n) is 7.54. The Hall–Kier alpha value is -3.70. The predicted molar refractivity (Wildman–Crippen MR) is 122 cm³/mol. The summed E-state index contributed by atoms with van der Waals surface area (Å²) >= 11 is 0. The highest BCUT2D eigenvalue weighted by molar-refractivity contribution is 5.94. The van der Waals surface area contributed by atoms with Gasteiger partial charge >= 0.3 is 6.09 Å². The molecule has 0 aliphatic heterocycles. The molecule has 0 atom stereocenters. The minimum absolute atomic E-state index is 0.0255.